The number of H-pyrrole nitrogens is 1. The third-order valence-electron chi connectivity index (χ3n) is 6.68. The minimum Gasteiger partial charge on any atom is -0.381 e. The van der Waals surface area contributed by atoms with E-state index in [1.807, 2.05) is 7.05 Å². The van der Waals surface area contributed by atoms with Crippen molar-refractivity contribution >= 4 is 5.96 Å². The summed E-state index contributed by atoms with van der Waals surface area (Å²) in [5, 5.41) is 14.6. The van der Waals surface area contributed by atoms with Gasteiger partial charge in [0.15, 0.2) is 5.96 Å². The first-order valence-electron chi connectivity index (χ1n) is 11.4. The molecular formula is C23H35N7O. The van der Waals surface area contributed by atoms with E-state index in [0.717, 1.165) is 70.3 Å². The molecule has 31 heavy (non-hydrogen) atoms. The van der Waals surface area contributed by atoms with Gasteiger partial charge in [-0.05, 0) is 38.2 Å². The Morgan fingerprint density at radius 2 is 2.00 bits per heavy atom. The number of benzene rings is 1. The number of aromatic amines is 1. The first kappa shape index (κ1) is 21.8. The molecule has 0 aliphatic carbocycles. The molecule has 4 rings (SSSR count). The molecule has 2 fully saturated rings. The fourth-order valence-electron chi connectivity index (χ4n) is 4.78. The Bertz CT molecular complexity index is 810. The fraction of sp³-hybridized carbons (Fsp3) is 0.609. The third-order valence-corrected chi connectivity index (χ3v) is 6.68. The van der Waals surface area contributed by atoms with Crippen molar-refractivity contribution in [3.63, 3.8) is 0 Å². The zero-order chi connectivity index (χ0) is 21.5. The van der Waals surface area contributed by atoms with Crippen LogP contribution in [0.25, 0.3) is 0 Å². The summed E-state index contributed by atoms with van der Waals surface area (Å²) in [5.41, 5.74) is 1.30. The quantitative estimate of drug-likeness (QED) is 0.487. The maximum atomic E-state index is 5.69. The molecule has 2 aliphatic rings. The van der Waals surface area contributed by atoms with Gasteiger partial charge in [-0.15, -0.1) is 0 Å². The number of likely N-dealkylation sites (tertiary alicyclic amines) is 1. The Morgan fingerprint density at radius 3 is 2.65 bits per heavy atom. The highest BCUT2D eigenvalue weighted by Gasteiger charge is 2.35. The van der Waals surface area contributed by atoms with E-state index in [1.54, 1.807) is 6.33 Å². The second-order valence-electron chi connectivity index (χ2n) is 8.70. The molecule has 2 saturated heterocycles. The summed E-state index contributed by atoms with van der Waals surface area (Å²) in [6.07, 6.45) is 5.68. The van der Waals surface area contributed by atoms with Crippen LogP contribution in [0.2, 0.25) is 0 Å². The van der Waals surface area contributed by atoms with Gasteiger partial charge in [0, 0.05) is 57.4 Å². The van der Waals surface area contributed by atoms with Crippen LogP contribution in [0.1, 0.15) is 56.0 Å². The second-order valence-corrected chi connectivity index (χ2v) is 8.70. The van der Waals surface area contributed by atoms with Crippen LogP contribution < -0.4 is 10.6 Å². The van der Waals surface area contributed by atoms with Crippen molar-refractivity contribution in [1.29, 1.82) is 0 Å². The molecule has 2 aliphatic heterocycles. The Kier molecular flexibility index (Phi) is 7.19. The lowest BCUT2D eigenvalue weighted by molar-refractivity contribution is 0.0352. The monoisotopic (exact) mass is 425 g/mol. The number of hydrogen-bond donors (Lipinski definition) is 3. The first-order chi connectivity index (χ1) is 15.2. The Labute approximate surface area is 184 Å². The molecule has 8 heteroatoms. The zero-order valence-electron chi connectivity index (χ0n) is 18.7. The minimum atomic E-state index is -0.0123. The lowest BCUT2D eigenvalue weighted by Gasteiger charge is -2.42. The lowest BCUT2D eigenvalue weighted by atomic mass is 9.88. The van der Waals surface area contributed by atoms with E-state index in [9.17, 15) is 0 Å². The molecule has 0 amide bonds. The Morgan fingerprint density at radius 1 is 1.26 bits per heavy atom. The summed E-state index contributed by atoms with van der Waals surface area (Å²) in [5.74, 6) is 2.44. The van der Waals surface area contributed by atoms with E-state index in [1.165, 1.54) is 5.56 Å². The standard InChI is InChI=1S/C23H35N7O/c1-18(19-6-4-3-5-7-19)28-23(10-14-31-15-11-23)16-25-22(24-2)30-12-8-20(9-13-30)21-26-17-27-29-21/h3-7,17-18,20,28H,8-16H2,1-2H3,(H,24,25)(H,26,27,29). The van der Waals surface area contributed by atoms with E-state index in [-0.39, 0.29) is 11.6 Å². The average molecular weight is 426 g/mol. The molecule has 0 bridgehead atoms. The number of piperidine rings is 1. The number of aliphatic imine (C=N–C) groups is 1. The van der Waals surface area contributed by atoms with Crippen molar-refractivity contribution in [1.82, 2.24) is 30.7 Å². The van der Waals surface area contributed by atoms with Gasteiger partial charge in [-0.3, -0.25) is 10.1 Å². The number of rotatable bonds is 6. The molecule has 0 spiro atoms. The van der Waals surface area contributed by atoms with Gasteiger partial charge in [-0.1, -0.05) is 30.3 Å². The van der Waals surface area contributed by atoms with Gasteiger partial charge in [-0.25, -0.2) is 4.98 Å². The van der Waals surface area contributed by atoms with Gasteiger partial charge in [0.25, 0.3) is 0 Å². The highest BCUT2D eigenvalue weighted by atomic mass is 16.5. The highest BCUT2D eigenvalue weighted by Crippen LogP contribution is 2.27. The van der Waals surface area contributed by atoms with Crippen molar-refractivity contribution in [3.05, 3.63) is 48.0 Å². The van der Waals surface area contributed by atoms with E-state index in [4.69, 9.17) is 4.74 Å². The number of guanidine groups is 1. The largest absolute Gasteiger partial charge is 0.381 e. The molecular weight excluding hydrogens is 390 g/mol. The van der Waals surface area contributed by atoms with Crippen LogP contribution in [-0.2, 0) is 4.74 Å². The Hall–Kier alpha value is -2.45. The van der Waals surface area contributed by atoms with Gasteiger partial charge in [0.05, 0.1) is 0 Å². The van der Waals surface area contributed by atoms with Crippen LogP contribution >= 0.6 is 0 Å². The summed E-state index contributed by atoms with van der Waals surface area (Å²) in [7, 11) is 1.88. The topological polar surface area (TPSA) is 90.5 Å². The highest BCUT2D eigenvalue weighted by molar-refractivity contribution is 5.80. The van der Waals surface area contributed by atoms with Gasteiger partial charge >= 0.3 is 0 Å². The van der Waals surface area contributed by atoms with Gasteiger partial charge in [-0.2, -0.15) is 5.10 Å². The van der Waals surface area contributed by atoms with Crippen LogP contribution in [0.3, 0.4) is 0 Å². The molecule has 168 valence electrons. The van der Waals surface area contributed by atoms with Gasteiger partial charge in [0.2, 0.25) is 0 Å². The predicted molar refractivity (Wildman–Crippen MR) is 122 cm³/mol. The van der Waals surface area contributed by atoms with E-state index >= 15 is 0 Å². The number of aromatic nitrogens is 3. The van der Waals surface area contributed by atoms with Crippen molar-refractivity contribution in [3.8, 4) is 0 Å². The third kappa shape index (κ3) is 5.43. The summed E-state index contributed by atoms with van der Waals surface area (Å²) in [6, 6.07) is 10.9. The van der Waals surface area contributed by atoms with Gasteiger partial charge < -0.3 is 20.3 Å². The van der Waals surface area contributed by atoms with Crippen LogP contribution in [0.15, 0.2) is 41.7 Å². The van der Waals surface area contributed by atoms with Crippen LogP contribution in [0.5, 0.6) is 0 Å². The van der Waals surface area contributed by atoms with E-state index in [2.05, 4.69) is 73.0 Å². The molecule has 3 N–H and O–H groups in total. The molecule has 1 aromatic heterocycles. The summed E-state index contributed by atoms with van der Waals surface area (Å²) in [6.45, 7) is 6.59. The smallest absolute Gasteiger partial charge is 0.193 e. The van der Waals surface area contributed by atoms with Crippen LogP contribution in [-0.4, -0.2) is 71.5 Å². The maximum Gasteiger partial charge on any atom is 0.193 e. The maximum absolute atomic E-state index is 5.69. The number of ether oxygens (including phenoxy) is 1. The molecule has 0 radical (unpaired) electrons. The molecule has 3 heterocycles. The van der Waals surface area contributed by atoms with Crippen molar-refractivity contribution in [2.75, 3.05) is 39.9 Å². The van der Waals surface area contributed by atoms with E-state index in [0.29, 0.717) is 5.92 Å². The SMILES string of the molecule is CN=C(NCC1(NC(C)c2ccccc2)CCOCC1)N1CCC(c2ncn[nH]2)CC1. The average Bonchev–Trinajstić information content (AvgIpc) is 3.36. The molecule has 2 aromatic rings. The summed E-state index contributed by atoms with van der Waals surface area (Å²) >= 11 is 0. The number of nitrogens with zero attached hydrogens (tertiary/aromatic N) is 4. The number of nitrogens with one attached hydrogen (secondary N) is 3. The molecule has 8 nitrogen and oxygen atoms in total. The molecule has 1 atom stereocenters. The van der Waals surface area contributed by atoms with Crippen LogP contribution in [0, 0.1) is 0 Å². The van der Waals surface area contributed by atoms with E-state index < -0.39 is 0 Å². The van der Waals surface area contributed by atoms with Crippen molar-refractivity contribution < 1.29 is 4.74 Å². The first-order valence-corrected chi connectivity index (χ1v) is 11.4. The molecule has 1 aromatic carbocycles. The summed E-state index contributed by atoms with van der Waals surface area (Å²) < 4.78 is 5.69. The second kappa shape index (κ2) is 10.2. The molecule has 0 saturated carbocycles. The lowest BCUT2D eigenvalue weighted by Crippen LogP contribution is -2.59. The fourth-order valence-corrected chi connectivity index (χ4v) is 4.78. The predicted octanol–water partition coefficient (Wildman–Crippen LogP) is 2.46. The molecule has 1 unspecified atom stereocenters. The summed E-state index contributed by atoms with van der Waals surface area (Å²) in [4.78, 5) is 11.3. The Balaban J connectivity index is 1.36. The minimum absolute atomic E-state index is 0.0123. The normalized spacial score (nSPS) is 21.1. The van der Waals surface area contributed by atoms with Gasteiger partial charge in [0.1, 0.15) is 12.2 Å². The number of hydrogen-bond acceptors (Lipinski definition) is 5. The van der Waals surface area contributed by atoms with Crippen molar-refractivity contribution in [2.45, 2.75) is 50.1 Å². The van der Waals surface area contributed by atoms with Crippen LogP contribution in [0.4, 0.5) is 0 Å². The van der Waals surface area contributed by atoms with Crippen molar-refractivity contribution in [2.24, 2.45) is 4.99 Å². The zero-order valence-corrected chi connectivity index (χ0v) is 18.7.